The average molecular weight is 323 g/mol. The van der Waals surface area contributed by atoms with E-state index in [1.165, 1.54) is 12.1 Å². The van der Waals surface area contributed by atoms with Crippen molar-refractivity contribution in [3.63, 3.8) is 0 Å². The van der Waals surface area contributed by atoms with Crippen molar-refractivity contribution in [2.45, 2.75) is 50.9 Å². The molecule has 1 atom stereocenters. The monoisotopic (exact) mass is 323 g/mol. The molecular formula is C18H20F3NO. The molecule has 124 valence electrons. The Bertz CT molecular complexity index is 587. The van der Waals surface area contributed by atoms with Crippen molar-refractivity contribution in [2.24, 2.45) is 5.92 Å². The summed E-state index contributed by atoms with van der Waals surface area (Å²) in [6, 6.07) is 5.40. The lowest BCUT2D eigenvalue weighted by atomic mass is 9.93. The molecule has 1 amide bonds. The number of allylic oxidation sites excluding steroid dienone is 2. The van der Waals surface area contributed by atoms with Crippen LogP contribution < -0.4 is 0 Å². The molecule has 0 spiro atoms. The summed E-state index contributed by atoms with van der Waals surface area (Å²) in [5.74, 6) is 0.173. The number of carbonyl (C=O) groups excluding carboxylic acids is 1. The molecule has 0 heterocycles. The van der Waals surface area contributed by atoms with Crippen LogP contribution in [0.4, 0.5) is 13.2 Å². The van der Waals surface area contributed by atoms with E-state index in [1.807, 2.05) is 4.90 Å². The molecule has 1 aromatic carbocycles. The first-order chi connectivity index (χ1) is 10.9. The SMILES string of the molecule is O=C(C1CC=CCC1)N(Cc1ccc(C(F)(F)F)cc1)C1CC1. The number of amides is 1. The molecule has 0 aliphatic heterocycles. The van der Waals surface area contributed by atoms with Crippen molar-refractivity contribution in [1.82, 2.24) is 4.90 Å². The summed E-state index contributed by atoms with van der Waals surface area (Å²) in [5, 5.41) is 0. The molecule has 0 bridgehead atoms. The molecule has 5 heteroatoms. The highest BCUT2D eigenvalue weighted by Gasteiger charge is 2.36. The Morgan fingerprint density at radius 1 is 1.09 bits per heavy atom. The van der Waals surface area contributed by atoms with Gasteiger partial charge in [-0.05, 0) is 49.8 Å². The Morgan fingerprint density at radius 2 is 1.78 bits per heavy atom. The molecule has 0 radical (unpaired) electrons. The second-order valence-electron chi connectivity index (χ2n) is 6.37. The average Bonchev–Trinajstić information content (AvgIpc) is 3.37. The molecular weight excluding hydrogens is 303 g/mol. The van der Waals surface area contributed by atoms with Crippen LogP contribution in [0, 0.1) is 5.92 Å². The minimum Gasteiger partial charge on any atom is -0.335 e. The van der Waals surface area contributed by atoms with Crippen molar-refractivity contribution in [1.29, 1.82) is 0 Å². The predicted molar refractivity (Wildman–Crippen MR) is 81.5 cm³/mol. The van der Waals surface area contributed by atoms with Crippen LogP contribution in [0.5, 0.6) is 0 Å². The lowest BCUT2D eigenvalue weighted by molar-refractivity contribution is -0.138. The summed E-state index contributed by atoms with van der Waals surface area (Å²) in [5.41, 5.74) is 0.104. The number of hydrogen-bond donors (Lipinski definition) is 0. The van der Waals surface area contributed by atoms with Gasteiger partial charge in [-0.3, -0.25) is 4.79 Å². The van der Waals surface area contributed by atoms with E-state index in [9.17, 15) is 18.0 Å². The highest BCUT2D eigenvalue weighted by atomic mass is 19.4. The Hall–Kier alpha value is -1.78. The maximum atomic E-state index is 12.7. The van der Waals surface area contributed by atoms with Gasteiger partial charge in [-0.25, -0.2) is 0 Å². The lowest BCUT2D eigenvalue weighted by Gasteiger charge is -2.28. The fourth-order valence-electron chi connectivity index (χ4n) is 3.02. The van der Waals surface area contributed by atoms with Gasteiger partial charge < -0.3 is 4.90 Å². The van der Waals surface area contributed by atoms with Gasteiger partial charge in [0.1, 0.15) is 0 Å². The molecule has 0 aromatic heterocycles. The minimum absolute atomic E-state index is 0.0232. The van der Waals surface area contributed by atoms with Gasteiger partial charge in [0, 0.05) is 18.5 Å². The number of alkyl halides is 3. The molecule has 1 unspecified atom stereocenters. The number of hydrogen-bond acceptors (Lipinski definition) is 1. The zero-order valence-electron chi connectivity index (χ0n) is 12.9. The summed E-state index contributed by atoms with van der Waals surface area (Å²) in [7, 11) is 0. The van der Waals surface area contributed by atoms with Crippen LogP contribution in [0.3, 0.4) is 0 Å². The first-order valence-corrected chi connectivity index (χ1v) is 8.07. The van der Waals surface area contributed by atoms with Gasteiger partial charge in [0.05, 0.1) is 5.56 Å². The quantitative estimate of drug-likeness (QED) is 0.744. The number of rotatable bonds is 4. The van der Waals surface area contributed by atoms with Gasteiger partial charge in [0.2, 0.25) is 5.91 Å². The molecule has 3 rings (SSSR count). The van der Waals surface area contributed by atoms with Gasteiger partial charge in [0.25, 0.3) is 0 Å². The summed E-state index contributed by atoms with van der Waals surface area (Å²) < 4.78 is 37.9. The fourth-order valence-corrected chi connectivity index (χ4v) is 3.02. The number of benzene rings is 1. The Balaban J connectivity index is 1.70. The van der Waals surface area contributed by atoms with Crippen LogP contribution in [-0.4, -0.2) is 16.8 Å². The van der Waals surface area contributed by atoms with E-state index in [0.29, 0.717) is 6.54 Å². The second kappa shape index (κ2) is 6.38. The molecule has 0 saturated heterocycles. The van der Waals surface area contributed by atoms with Crippen molar-refractivity contribution >= 4 is 5.91 Å². The molecule has 0 N–H and O–H groups in total. The maximum absolute atomic E-state index is 12.7. The summed E-state index contributed by atoms with van der Waals surface area (Å²) in [4.78, 5) is 14.6. The number of carbonyl (C=O) groups is 1. The van der Waals surface area contributed by atoms with E-state index in [0.717, 1.165) is 49.8 Å². The van der Waals surface area contributed by atoms with Crippen molar-refractivity contribution < 1.29 is 18.0 Å². The molecule has 1 fully saturated rings. The molecule has 2 aliphatic carbocycles. The van der Waals surface area contributed by atoms with Gasteiger partial charge >= 0.3 is 6.18 Å². The van der Waals surface area contributed by atoms with Crippen LogP contribution in [-0.2, 0) is 17.5 Å². The first-order valence-electron chi connectivity index (χ1n) is 8.07. The van der Waals surface area contributed by atoms with Crippen LogP contribution in [0.2, 0.25) is 0 Å². The number of nitrogens with zero attached hydrogens (tertiary/aromatic N) is 1. The zero-order chi connectivity index (χ0) is 16.4. The van der Waals surface area contributed by atoms with Crippen LogP contribution >= 0.6 is 0 Å². The normalized spacial score (nSPS) is 21.3. The summed E-state index contributed by atoms with van der Waals surface area (Å²) in [6.45, 7) is 0.405. The number of halogens is 3. The molecule has 1 aromatic rings. The van der Waals surface area contributed by atoms with Crippen LogP contribution in [0.1, 0.15) is 43.2 Å². The topological polar surface area (TPSA) is 20.3 Å². The molecule has 1 saturated carbocycles. The Labute approximate surface area is 134 Å². The van der Waals surface area contributed by atoms with E-state index in [4.69, 9.17) is 0 Å². The molecule has 2 nitrogen and oxygen atoms in total. The van der Waals surface area contributed by atoms with Crippen molar-refractivity contribution in [2.75, 3.05) is 0 Å². The third-order valence-corrected chi connectivity index (χ3v) is 4.52. The highest BCUT2D eigenvalue weighted by molar-refractivity contribution is 5.79. The van der Waals surface area contributed by atoms with E-state index < -0.39 is 11.7 Å². The van der Waals surface area contributed by atoms with Crippen LogP contribution in [0.25, 0.3) is 0 Å². The smallest absolute Gasteiger partial charge is 0.335 e. The van der Waals surface area contributed by atoms with E-state index in [1.54, 1.807) is 0 Å². The third kappa shape index (κ3) is 3.95. The molecule has 2 aliphatic rings. The largest absolute Gasteiger partial charge is 0.416 e. The van der Waals surface area contributed by atoms with E-state index in [2.05, 4.69) is 12.2 Å². The van der Waals surface area contributed by atoms with Crippen LogP contribution in [0.15, 0.2) is 36.4 Å². The lowest BCUT2D eigenvalue weighted by Crippen LogP contribution is -2.37. The van der Waals surface area contributed by atoms with Gasteiger partial charge in [-0.1, -0.05) is 24.3 Å². The minimum atomic E-state index is -4.32. The van der Waals surface area contributed by atoms with E-state index in [-0.39, 0.29) is 17.9 Å². The highest BCUT2D eigenvalue weighted by Crippen LogP contribution is 2.33. The Kier molecular flexibility index (Phi) is 4.46. The Morgan fingerprint density at radius 3 is 2.30 bits per heavy atom. The summed E-state index contributed by atoms with van der Waals surface area (Å²) >= 11 is 0. The van der Waals surface area contributed by atoms with Crippen molar-refractivity contribution in [3.8, 4) is 0 Å². The second-order valence-corrected chi connectivity index (χ2v) is 6.37. The zero-order valence-corrected chi connectivity index (χ0v) is 12.9. The van der Waals surface area contributed by atoms with Crippen molar-refractivity contribution in [3.05, 3.63) is 47.5 Å². The molecule has 23 heavy (non-hydrogen) atoms. The standard InChI is InChI=1S/C18H20F3NO/c19-18(20,21)15-8-6-13(7-9-15)12-22(16-10-11-16)17(23)14-4-2-1-3-5-14/h1-2,6-9,14,16H,3-5,10-12H2. The predicted octanol–water partition coefficient (Wildman–Crippen LogP) is 4.55. The maximum Gasteiger partial charge on any atom is 0.416 e. The first kappa shape index (κ1) is 16.1. The fraction of sp³-hybridized carbons (Fsp3) is 0.500. The summed E-state index contributed by atoms with van der Waals surface area (Å²) in [6.07, 6.45) is 4.38. The van der Waals surface area contributed by atoms with Gasteiger partial charge in [-0.2, -0.15) is 13.2 Å². The van der Waals surface area contributed by atoms with Gasteiger partial charge in [-0.15, -0.1) is 0 Å². The third-order valence-electron chi connectivity index (χ3n) is 4.52. The van der Waals surface area contributed by atoms with E-state index >= 15 is 0 Å². The van der Waals surface area contributed by atoms with Gasteiger partial charge in [0.15, 0.2) is 0 Å².